The molecule has 1 aromatic carbocycles. The molecule has 3 rings (SSSR count). The fourth-order valence-corrected chi connectivity index (χ4v) is 3.22. The number of aromatic amines is 1. The van der Waals surface area contributed by atoms with Crippen LogP contribution in [0.4, 0.5) is 0 Å². The molecular formula is C18H16N2S. The van der Waals surface area contributed by atoms with Crippen LogP contribution in [0.15, 0.2) is 47.2 Å². The summed E-state index contributed by atoms with van der Waals surface area (Å²) in [5, 5.41) is 11.6. The van der Waals surface area contributed by atoms with Gasteiger partial charge in [0.15, 0.2) is 0 Å². The second-order valence-corrected chi connectivity index (χ2v) is 5.88. The molecule has 0 aliphatic carbocycles. The van der Waals surface area contributed by atoms with Gasteiger partial charge in [-0.15, -0.1) is 6.42 Å². The molecule has 0 fully saturated rings. The third-order valence-electron chi connectivity index (χ3n) is 3.62. The van der Waals surface area contributed by atoms with E-state index in [1.54, 1.807) is 11.3 Å². The maximum Gasteiger partial charge on any atom is 0.0944 e. The Balaban J connectivity index is 1.79. The summed E-state index contributed by atoms with van der Waals surface area (Å²) in [5.41, 5.74) is 5.36. The van der Waals surface area contributed by atoms with Gasteiger partial charge in [-0.05, 0) is 24.0 Å². The van der Waals surface area contributed by atoms with E-state index in [1.165, 1.54) is 5.56 Å². The van der Waals surface area contributed by atoms with Gasteiger partial charge in [0, 0.05) is 27.6 Å². The lowest BCUT2D eigenvalue weighted by molar-refractivity contribution is 0.737. The van der Waals surface area contributed by atoms with Crippen LogP contribution in [0.2, 0.25) is 0 Å². The monoisotopic (exact) mass is 292 g/mol. The minimum absolute atomic E-state index is 0.453. The molecular weight excluding hydrogens is 276 g/mol. The Labute approximate surface area is 128 Å². The van der Waals surface area contributed by atoms with Crippen LogP contribution in [0, 0.1) is 12.3 Å². The van der Waals surface area contributed by atoms with Crippen molar-refractivity contribution in [3.8, 4) is 23.6 Å². The Bertz CT molecular complexity index is 762. The highest BCUT2D eigenvalue weighted by molar-refractivity contribution is 7.08. The molecule has 0 saturated carbocycles. The second kappa shape index (κ2) is 5.99. The molecule has 104 valence electrons. The Morgan fingerprint density at radius 1 is 1.29 bits per heavy atom. The number of nitrogens with one attached hydrogen (secondary N) is 1. The van der Waals surface area contributed by atoms with E-state index in [0.717, 1.165) is 28.9 Å². The van der Waals surface area contributed by atoms with Crippen molar-refractivity contribution in [2.45, 2.75) is 19.3 Å². The van der Waals surface area contributed by atoms with Gasteiger partial charge >= 0.3 is 0 Å². The number of thiophene rings is 1. The summed E-state index contributed by atoms with van der Waals surface area (Å²) in [7, 11) is 0. The van der Waals surface area contributed by atoms with Gasteiger partial charge in [-0.1, -0.05) is 43.2 Å². The normalized spacial score (nSPS) is 12.0. The van der Waals surface area contributed by atoms with Gasteiger partial charge in [0.1, 0.15) is 0 Å². The highest BCUT2D eigenvalue weighted by atomic mass is 32.1. The first-order chi connectivity index (χ1) is 10.3. The number of H-pyrrole nitrogens is 1. The molecule has 1 atom stereocenters. The summed E-state index contributed by atoms with van der Waals surface area (Å²) >= 11 is 1.61. The average molecular weight is 292 g/mol. The fraction of sp³-hybridized carbons (Fsp3) is 0.167. The van der Waals surface area contributed by atoms with E-state index in [2.05, 4.69) is 58.8 Å². The van der Waals surface area contributed by atoms with Gasteiger partial charge in [0.2, 0.25) is 0 Å². The lowest BCUT2D eigenvalue weighted by Crippen LogP contribution is -1.98. The summed E-state index contributed by atoms with van der Waals surface area (Å²) in [6, 6.07) is 12.6. The van der Waals surface area contributed by atoms with Crippen LogP contribution in [0.1, 0.15) is 29.7 Å². The van der Waals surface area contributed by atoms with Crippen molar-refractivity contribution in [3.63, 3.8) is 0 Å². The van der Waals surface area contributed by atoms with Gasteiger partial charge in [-0.2, -0.15) is 16.4 Å². The van der Waals surface area contributed by atoms with Gasteiger partial charge < -0.3 is 0 Å². The summed E-state index contributed by atoms with van der Waals surface area (Å²) < 4.78 is 0. The predicted molar refractivity (Wildman–Crippen MR) is 88.4 cm³/mol. The summed E-state index contributed by atoms with van der Waals surface area (Å²) in [4.78, 5) is 0. The highest BCUT2D eigenvalue weighted by Gasteiger charge is 2.12. The first kappa shape index (κ1) is 13.7. The van der Waals surface area contributed by atoms with Gasteiger partial charge in [-0.25, -0.2) is 0 Å². The molecule has 0 bridgehead atoms. The van der Waals surface area contributed by atoms with Crippen molar-refractivity contribution in [1.29, 1.82) is 0 Å². The molecule has 0 amide bonds. The summed E-state index contributed by atoms with van der Waals surface area (Å²) in [5.74, 6) is 3.16. The van der Waals surface area contributed by atoms with Crippen molar-refractivity contribution in [2.75, 3.05) is 0 Å². The van der Waals surface area contributed by atoms with Crippen molar-refractivity contribution in [2.24, 2.45) is 0 Å². The Morgan fingerprint density at radius 2 is 2.10 bits per heavy atom. The molecule has 0 saturated heterocycles. The Morgan fingerprint density at radius 3 is 2.86 bits per heavy atom. The van der Waals surface area contributed by atoms with E-state index in [9.17, 15) is 0 Å². The van der Waals surface area contributed by atoms with Gasteiger partial charge in [-0.3, -0.25) is 5.10 Å². The standard InChI is InChI=1S/C18H16N2S/c1-3-14-11-21-12-17(14)18-10-16(19-20-18)9-13(2)15-7-5-4-6-8-15/h1,4-8,10-13H,9H2,2H3,(H,19,20). The zero-order valence-corrected chi connectivity index (χ0v) is 12.7. The van der Waals surface area contributed by atoms with Crippen molar-refractivity contribution >= 4 is 11.3 Å². The average Bonchev–Trinajstić information content (AvgIpc) is 3.16. The molecule has 1 unspecified atom stereocenters. The van der Waals surface area contributed by atoms with Crippen LogP contribution in [-0.4, -0.2) is 10.2 Å². The molecule has 0 aliphatic heterocycles. The molecule has 2 heterocycles. The Hall–Kier alpha value is -2.31. The number of nitrogens with zero attached hydrogens (tertiary/aromatic N) is 1. The van der Waals surface area contributed by atoms with Crippen molar-refractivity contribution < 1.29 is 0 Å². The zero-order chi connectivity index (χ0) is 14.7. The molecule has 2 nitrogen and oxygen atoms in total. The molecule has 2 aromatic heterocycles. The molecule has 1 N–H and O–H groups in total. The number of hydrogen-bond donors (Lipinski definition) is 1. The van der Waals surface area contributed by atoms with Crippen LogP contribution in [-0.2, 0) is 6.42 Å². The van der Waals surface area contributed by atoms with Crippen LogP contribution in [0.25, 0.3) is 11.3 Å². The molecule has 21 heavy (non-hydrogen) atoms. The first-order valence-corrected chi connectivity index (χ1v) is 7.84. The van der Waals surface area contributed by atoms with Crippen LogP contribution in [0.3, 0.4) is 0 Å². The van der Waals surface area contributed by atoms with E-state index >= 15 is 0 Å². The maximum absolute atomic E-state index is 5.51. The third kappa shape index (κ3) is 2.91. The molecule has 0 radical (unpaired) electrons. The third-order valence-corrected chi connectivity index (χ3v) is 4.36. The van der Waals surface area contributed by atoms with Crippen LogP contribution < -0.4 is 0 Å². The summed E-state index contributed by atoms with van der Waals surface area (Å²) in [6.07, 6.45) is 6.45. The predicted octanol–water partition coefficient (Wildman–Crippen LogP) is 4.47. The molecule has 3 aromatic rings. The van der Waals surface area contributed by atoms with E-state index in [0.29, 0.717) is 5.92 Å². The quantitative estimate of drug-likeness (QED) is 0.706. The van der Waals surface area contributed by atoms with Crippen molar-refractivity contribution in [1.82, 2.24) is 10.2 Å². The van der Waals surface area contributed by atoms with Crippen LogP contribution in [0.5, 0.6) is 0 Å². The number of terminal acetylenes is 1. The molecule has 0 aliphatic rings. The lowest BCUT2D eigenvalue weighted by Gasteiger charge is -2.09. The van der Waals surface area contributed by atoms with E-state index in [1.807, 2.05) is 11.4 Å². The minimum atomic E-state index is 0.453. The largest absolute Gasteiger partial charge is 0.282 e. The fourth-order valence-electron chi connectivity index (χ4n) is 2.44. The topological polar surface area (TPSA) is 28.7 Å². The SMILES string of the molecule is C#Cc1cscc1-c1cc(CC(C)c2ccccc2)[nH]n1. The zero-order valence-electron chi connectivity index (χ0n) is 11.8. The van der Waals surface area contributed by atoms with Crippen LogP contribution >= 0.6 is 11.3 Å². The van der Waals surface area contributed by atoms with Gasteiger partial charge in [0.25, 0.3) is 0 Å². The number of hydrogen-bond acceptors (Lipinski definition) is 2. The number of aromatic nitrogens is 2. The van der Waals surface area contributed by atoms with E-state index in [4.69, 9.17) is 6.42 Å². The van der Waals surface area contributed by atoms with Crippen molar-refractivity contribution in [3.05, 3.63) is 64.0 Å². The summed E-state index contributed by atoms with van der Waals surface area (Å²) in [6.45, 7) is 2.23. The highest BCUT2D eigenvalue weighted by Crippen LogP contribution is 2.27. The van der Waals surface area contributed by atoms with Gasteiger partial charge in [0.05, 0.1) is 5.69 Å². The lowest BCUT2D eigenvalue weighted by atomic mass is 9.96. The number of benzene rings is 1. The van der Waals surface area contributed by atoms with E-state index in [-0.39, 0.29) is 0 Å². The second-order valence-electron chi connectivity index (χ2n) is 5.14. The molecule has 0 spiro atoms. The smallest absolute Gasteiger partial charge is 0.0944 e. The maximum atomic E-state index is 5.51. The minimum Gasteiger partial charge on any atom is -0.282 e. The van der Waals surface area contributed by atoms with E-state index < -0.39 is 0 Å². The molecule has 3 heteroatoms. The number of rotatable bonds is 4. The Kier molecular flexibility index (Phi) is 3.89. The first-order valence-electron chi connectivity index (χ1n) is 6.90.